The molecule has 0 aliphatic carbocycles. The highest BCUT2D eigenvalue weighted by molar-refractivity contribution is 7.17. The van der Waals surface area contributed by atoms with Crippen LogP contribution in [0.4, 0.5) is 10.7 Å². The van der Waals surface area contributed by atoms with Gasteiger partial charge in [0.05, 0.1) is 18.4 Å². The van der Waals surface area contributed by atoms with Crippen LogP contribution in [0.3, 0.4) is 0 Å². The second-order valence-electron chi connectivity index (χ2n) is 8.41. The Bertz CT molecular complexity index is 1150. The van der Waals surface area contributed by atoms with E-state index in [1.165, 1.54) is 18.4 Å². The zero-order valence-electron chi connectivity index (χ0n) is 22.7. The number of carbonyl (C=O) groups is 3. The van der Waals surface area contributed by atoms with Gasteiger partial charge in [0.25, 0.3) is 5.91 Å². The van der Waals surface area contributed by atoms with Crippen molar-refractivity contribution >= 4 is 35.3 Å². The summed E-state index contributed by atoms with van der Waals surface area (Å²) >= 11 is 1.36. The fourth-order valence-corrected chi connectivity index (χ4v) is 3.63. The zero-order chi connectivity index (χ0) is 28.6. The summed E-state index contributed by atoms with van der Waals surface area (Å²) in [6, 6.07) is 13.1. The Balaban J connectivity index is 0.000000682. The quantitative estimate of drug-likeness (QED) is 0.360. The summed E-state index contributed by atoms with van der Waals surface area (Å²) in [6.07, 6.45) is 2.86. The SMILES string of the molecule is CC.COC(=O)CCNC(=O)c1ccc(-c2cccc(CNC(=O)OC(C)(C)C)c2)s1.Nc1ncccn1. The van der Waals surface area contributed by atoms with E-state index in [9.17, 15) is 14.4 Å². The normalized spacial score (nSPS) is 10.1. The fraction of sp³-hybridized carbons (Fsp3) is 0.370. The van der Waals surface area contributed by atoms with Gasteiger partial charge in [-0.25, -0.2) is 14.8 Å². The molecule has 38 heavy (non-hydrogen) atoms. The van der Waals surface area contributed by atoms with Gasteiger partial charge in [0.15, 0.2) is 0 Å². The Morgan fingerprint density at radius 3 is 2.26 bits per heavy atom. The number of benzene rings is 1. The minimum Gasteiger partial charge on any atom is -0.469 e. The van der Waals surface area contributed by atoms with Gasteiger partial charge >= 0.3 is 12.1 Å². The maximum atomic E-state index is 12.2. The zero-order valence-corrected chi connectivity index (χ0v) is 23.6. The van der Waals surface area contributed by atoms with Gasteiger partial charge in [-0.15, -0.1) is 11.3 Å². The van der Waals surface area contributed by atoms with Gasteiger partial charge in [-0.1, -0.05) is 32.0 Å². The summed E-state index contributed by atoms with van der Waals surface area (Å²) in [7, 11) is 1.31. The number of thiophene rings is 1. The van der Waals surface area contributed by atoms with Crippen molar-refractivity contribution in [2.75, 3.05) is 19.4 Å². The maximum Gasteiger partial charge on any atom is 0.407 e. The number of nitrogens with one attached hydrogen (secondary N) is 2. The molecule has 0 bridgehead atoms. The molecular formula is C27H37N5O5S. The summed E-state index contributed by atoms with van der Waals surface area (Å²) in [5.74, 6) is -0.274. The van der Waals surface area contributed by atoms with Crippen LogP contribution in [0.1, 0.15) is 56.3 Å². The monoisotopic (exact) mass is 543 g/mol. The van der Waals surface area contributed by atoms with E-state index in [4.69, 9.17) is 10.5 Å². The van der Waals surface area contributed by atoms with Crippen LogP contribution < -0.4 is 16.4 Å². The number of nitrogens with zero attached hydrogens (tertiary/aromatic N) is 2. The molecule has 0 atom stereocenters. The first-order chi connectivity index (χ1) is 18.1. The third-order valence-electron chi connectivity index (χ3n) is 4.31. The van der Waals surface area contributed by atoms with Crippen LogP contribution in [-0.2, 0) is 20.8 Å². The van der Waals surface area contributed by atoms with E-state index in [0.717, 1.165) is 16.0 Å². The standard InChI is InChI=1S/C21H26N2O5S.C4H5N3.C2H6/c1-21(2,3)28-20(26)23-13-14-6-5-7-15(12-14)16-8-9-17(29-16)19(25)22-11-10-18(24)27-4;5-4-6-2-1-3-7-4;1-2/h5-9,12H,10-11,13H2,1-4H3,(H,22,25)(H,23,26);1-3H,(H2,5,6,7);1-2H3. The minimum absolute atomic E-state index is 0.132. The van der Waals surface area contributed by atoms with Crippen LogP contribution >= 0.6 is 11.3 Å². The molecule has 0 radical (unpaired) electrons. The molecule has 2 heterocycles. The van der Waals surface area contributed by atoms with E-state index in [1.807, 2.05) is 65.0 Å². The summed E-state index contributed by atoms with van der Waals surface area (Å²) < 4.78 is 9.78. The molecule has 206 valence electrons. The van der Waals surface area contributed by atoms with Crippen molar-refractivity contribution in [2.45, 2.75) is 53.2 Å². The molecule has 10 nitrogen and oxygen atoms in total. The number of anilines is 1. The lowest BCUT2D eigenvalue weighted by molar-refractivity contribution is -0.140. The number of nitrogen functional groups attached to an aromatic ring is 1. The maximum absolute atomic E-state index is 12.2. The topological polar surface area (TPSA) is 146 Å². The van der Waals surface area contributed by atoms with Crippen LogP contribution in [0.15, 0.2) is 54.9 Å². The van der Waals surface area contributed by atoms with Gasteiger partial charge in [0.2, 0.25) is 5.95 Å². The summed E-state index contributed by atoms with van der Waals surface area (Å²) in [4.78, 5) is 43.9. The van der Waals surface area contributed by atoms with Crippen molar-refractivity contribution in [1.82, 2.24) is 20.6 Å². The van der Waals surface area contributed by atoms with E-state index in [1.54, 1.807) is 24.5 Å². The second kappa shape index (κ2) is 16.7. The molecule has 0 unspecified atom stereocenters. The van der Waals surface area contributed by atoms with Gasteiger partial charge in [0, 0.05) is 30.4 Å². The van der Waals surface area contributed by atoms with Crippen molar-refractivity contribution in [3.63, 3.8) is 0 Å². The smallest absolute Gasteiger partial charge is 0.407 e. The van der Waals surface area contributed by atoms with Gasteiger partial charge in [-0.2, -0.15) is 0 Å². The van der Waals surface area contributed by atoms with Crippen LogP contribution in [0.5, 0.6) is 0 Å². The number of esters is 1. The van der Waals surface area contributed by atoms with E-state index in [0.29, 0.717) is 17.4 Å². The highest BCUT2D eigenvalue weighted by Gasteiger charge is 2.16. The number of nitrogens with two attached hydrogens (primary N) is 1. The summed E-state index contributed by atoms with van der Waals surface area (Å²) in [5.41, 5.74) is 6.46. The number of hydrogen-bond acceptors (Lipinski definition) is 9. The van der Waals surface area contributed by atoms with Crippen molar-refractivity contribution in [3.8, 4) is 10.4 Å². The fourth-order valence-electron chi connectivity index (χ4n) is 2.72. The Morgan fingerprint density at radius 2 is 1.68 bits per heavy atom. The molecule has 1 aromatic carbocycles. The number of methoxy groups -OCH3 is 1. The Kier molecular flexibility index (Phi) is 14.1. The van der Waals surface area contributed by atoms with E-state index < -0.39 is 11.7 Å². The minimum atomic E-state index is -0.545. The first-order valence-corrected chi connectivity index (χ1v) is 12.9. The highest BCUT2D eigenvalue weighted by atomic mass is 32.1. The molecule has 0 fully saturated rings. The van der Waals surface area contributed by atoms with E-state index in [2.05, 4.69) is 25.3 Å². The molecule has 0 spiro atoms. The van der Waals surface area contributed by atoms with Crippen molar-refractivity contribution in [3.05, 3.63) is 65.3 Å². The third kappa shape index (κ3) is 12.8. The molecule has 3 aromatic rings. The number of aromatic nitrogens is 2. The Hall–Kier alpha value is -3.99. The molecular weight excluding hydrogens is 506 g/mol. The predicted octanol–water partition coefficient (Wildman–Crippen LogP) is 4.82. The van der Waals surface area contributed by atoms with Crippen LogP contribution in [0.25, 0.3) is 10.4 Å². The van der Waals surface area contributed by atoms with Crippen molar-refractivity contribution in [1.29, 1.82) is 0 Å². The predicted molar refractivity (Wildman–Crippen MR) is 150 cm³/mol. The lowest BCUT2D eigenvalue weighted by Crippen LogP contribution is -2.32. The van der Waals surface area contributed by atoms with Crippen LogP contribution in [0.2, 0.25) is 0 Å². The molecule has 4 N–H and O–H groups in total. The van der Waals surface area contributed by atoms with Gasteiger partial charge < -0.3 is 25.8 Å². The highest BCUT2D eigenvalue weighted by Crippen LogP contribution is 2.28. The second-order valence-corrected chi connectivity index (χ2v) is 9.49. The number of hydrogen-bond donors (Lipinski definition) is 3. The first kappa shape index (κ1) is 32.0. The summed E-state index contributed by atoms with van der Waals surface area (Å²) in [5, 5.41) is 5.44. The number of rotatable bonds is 7. The molecule has 2 aromatic heterocycles. The molecule has 0 aliphatic rings. The number of alkyl carbamates (subject to hydrolysis) is 1. The molecule has 0 saturated heterocycles. The Labute approximate surface area is 228 Å². The lowest BCUT2D eigenvalue weighted by atomic mass is 10.1. The van der Waals surface area contributed by atoms with Gasteiger partial charge in [-0.05, 0) is 56.2 Å². The van der Waals surface area contributed by atoms with E-state index >= 15 is 0 Å². The van der Waals surface area contributed by atoms with E-state index in [-0.39, 0.29) is 24.8 Å². The average molecular weight is 544 g/mol. The molecule has 11 heteroatoms. The Morgan fingerprint density at radius 1 is 1.00 bits per heavy atom. The van der Waals surface area contributed by atoms with Crippen LogP contribution in [-0.4, -0.2) is 47.2 Å². The largest absolute Gasteiger partial charge is 0.469 e. The molecule has 0 saturated carbocycles. The van der Waals surface area contributed by atoms with Crippen molar-refractivity contribution < 1.29 is 23.9 Å². The average Bonchev–Trinajstić information content (AvgIpc) is 3.39. The molecule has 2 amide bonds. The summed E-state index contributed by atoms with van der Waals surface area (Å²) in [6.45, 7) is 10.0. The van der Waals surface area contributed by atoms with Gasteiger partial charge in [0.1, 0.15) is 5.60 Å². The number of amides is 2. The number of carbonyl (C=O) groups excluding carboxylic acids is 3. The first-order valence-electron chi connectivity index (χ1n) is 12.1. The molecule has 3 rings (SSSR count). The third-order valence-corrected chi connectivity index (χ3v) is 5.44. The molecule has 0 aliphatic heterocycles. The van der Waals surface area contributed by atoms with Crippen molar-refractivity contribution in [2.24, 2.45) is 0 Å². The van der Waals surface area contributed by atoms with Crippen LogP contribution in [0, 0.1) is 0 Å². The number of ether oxygens (including phenoxy) is 2. The lowest BCUT2D eigenvalue weighted by Gasteiger charge is -2.19. The van der Waals surface area contributed by atoms with Gasteiger partial charge in [-0.3, -0.25) is 9.59 Å².